The number of rotatable bonds is 10. The molecule has 0 unspecified atom stereocenters. The molecule has 1 saturated heterocycles. The number of hydrogen-bond donors (Lipinski definition) is 1. The summed E-state index contributed by atoms with van der Waals surface area (Å²) in [7, 11) is 1.39. The third kappa shape index (κ3) is 8.24. The maximum atomic E-state index is 12.1. The molecule has 0 amide bonds. The van der Waals surface area contributed by atoms with Crippen LogP contribution in [0, 0.1) is 0 Å². The van der Waals surface area contributed by atoms with Gasteiger partial charge in [0.1, 0.15) is 30.0 Å². The molecule has 1 aliphatic heterocycles. The van der Waals surface area contributed by atoms with Gasteiger partial charge in [0.25, 0.3) is 0 Å². The molecule has 0 bridgehead atoms. The quantitative estimate of drug-likeness (QED) is 0.516. The first-order valence-corrected chi connectivity index (χ1v) is 11.8. The number of nitrogens with zero attached hydrogens (tertiary/aromatic N) is 2. The number of carbonyl (C=O) groups is 2. The molecule has 8 heteroatoms. The number of ether oxygens (including phenoxy) is 3. The fourth-order valence-electron chi connectivity index (χ4n) is 3.79. The summed E-state index contributed by atoms with van der Waals surface area (Å²) < 4.78 is 16.4. The van der Waals surface area contributed by atoms with Crippen LogP contribution < -0.4 is 10.1 Å². The van der Waals surface area contributed by atoms with Gasteiger partial charge in [-0.15, -0.1) is 0 Å². The molecule has 1 aliphatic rings. The Morgan fingerprint density at radius 2 is 1.85 bits per heavy atom. The molecule has 1 aromatic carbocycles. The highest BCUT2D eigenvalue weighted by Crippen LogP contribution is 2.26. The largest absolute Gasteiger partial charge is 0.492 e. The van der Waals surface area contributed by atoms with Crippen molar-refractivity contribution in [3.63, 3.8) is 0 Å². The van der Waals surface area contributed by atoms with Crippen LogP contribution in [0.15, 0.2) is 30.5 Å². The van der Waals surface area contributed by atoms with E-state index < -0.39 is 11.1 Å². The number of hydrogen-bond acceptors (Lipinski definition) is 8. The highest BCUT2D eigenvalue weighted by atomic mass is 16.6. The summed E-state index contributed by atoms with van der Waals surface area (Å²) in [6.07, 6.45) is 0.809. The van der Waals surface area contributed by atoms with E-state index in [4.69, 9.17) is 14.2 Å². The molecule has 0 aromatic heterocycles. The number of benzene rings is 1. The van der Waals surface area contributed by atoms with Crippen molar-refractivity contribution in [2.75, 3.05) is 51.8 Å². The molecule has 0 atom stereocenters. The zero-order chi connectivity index (χ0) is 25.5. The lowest BCUT2D eigenvalue weighted by atomic mass is 10.0. The molecule has 1 fully saturated rings. The number of esters is 2. The summed E-state index contributed by atoms with van der Waals surface area (Å²) in [6, 6.07) is 5.86. The van der Waals surface area contributed by atoms with Gasteiger partial charge in [0.05, 0.1) is 7.11 Å². The van der Waals surface area contributed by atoms with E-state index in [9.17, 15) is 9.59 Å². The normalized spacial score (nSPS) is 15.1. The smallest absolute Gasteiger partial charge is 0.330 e. The minimum Gasteiger partial charge on any atom is -0.492 e. The Kier molecular flexibility index (Phi) is 9.38. The van der Waals surface area contributed by atoms with Crippen molar-refractivity contribution in [2.24, 2.45) is 0 Å². The van der Waals surface area contributed by atoms with Crippen molar-refractivity contribution in [1.29, 1.82) is 0 Å². The summed E-state index contributed by atoms with van der Waals surface area (Å²) >= 11 is 0. The van der Waals surface area contributed by atoms with Gasteiger partial charge in [0.2, 0.25) is 0 Å². The van der Waals surface area contributed by atoms with E-state index in [0.29, 0.717) is 13.2 Å². The summed E-state index contributed by atoms with van der Waals surface area (Å²) in [5, 5.41) is 3.23. The minimum absolute atomic E-state index is 0.230. The van der Waals surface area contributed by atoms with Crippen LogP contribution in [0.4, 0.5) is 5.69 Å². The number of carbonyl (C=O) groups excluding carboxylic acids is 2. The summed E-state index contributed by atoms with van der Waals surface area (Å²) in [6.45, 7) is 19.2. The van der Waals surface area contributed by atoms with E-state index in [2.05, 4.69) is 23.7 Å². The van der Waals surface area contributed by atoms with Gasteiger partial charge in [-0.1, -0.05) is 13.5 Å². The second kappa shape index (κ2) is 11.6. The van der Waals surface area contributed by atoms with Gasteiger partial charge in [0, 0.05) is 37.6 Å². The van der Waals surface area contributed by atoms with E-state index in [1.807, 2.05) is 43.9 Å². The van der Waals surface area contributed by atoms with E-state index in [1.165, 1.54) is 7.11 Å². The zero-order valence-corrected chi connectivity index (χ0v) is 21.8. The highest BCUT2D eigenvalue weighted by molar-refractivity contribution is 5.83. The number of piperazine rings is 1. The van der Waals surface area contributed by atoms with Crippen molar-refractivity contribution < 1.29 is 23.8 Å². The Balaban J connectivity index is 1.85. The first kappa shape index (κ1) is 27.5. The first-order valence-electron chi connectivity index (χ1n) is 11.8. The number of anilines is 1. The van der Waals surface area contributed by atoms with Crippen LogP contribution in [-0.4, -0.2) is 79.3 Å². The Morgan fingerprint density at radius 3 is 2.44 bits per heavy atom. The first-order chi connectivity index (χ1) is 15.8. The topological polar surface area (TPSA) is 80.3 Å². The Bertz CT molecular complexity index is 876. The predicted octanol–water partition coefficient (Wildman–Crippen LogP) is 3.46. The molecular weight excluding hydrogens is 434 g/mol. The standard InChI is InChI=1S/C26H41N3O5/c1-9-20-16-21(27-26(6,7)24(31)32-8)10-11-22(20)33-15-14-28-12-13-29(19(2)17-28)18-23(30)34-25(3,4)5/h10-11,16,27H,2,9,12-15,17-18H2,1,3-8H3. The van der Waals surface area contributed by atoms with Crippen LogP contribution in [-0.2, 0) is 25.5 Å². The number of methoxy groups -OCH3 is 1. The van der Waals surface area contributed by atoms with Crippen molar-refractivity contribution in [3.05, 3.63) is 36.0 Å². The summed E-state index contributed by atoms with van der Waals surface area (Å²) in [5.74, 6) is 0.287. The number of aryl methyl sites for hydroxylation is 1. The van der Waals surface area contributed by atoms with Crippen LogP contribution in [0.5, 0.6) is 5.75 Å². The second-order valence-electron chi connectivity index (χ2n) is 10.1. The van der Waals surface area contributed by atoms with Crippen molar-refractivity contribution in [1.82, 2.24) is 9.80 Å². The molecule has 1 N–H and O–H groups in total. The van der Waals surface area contributed by atoms with Gasteiger partial charge >= 0.3 is 11.9 Å². The monoisotopic (exact) mass is 475 g/mol. The highest BCUT2D eigenvalue weighted by Gasteiger charge is 2.28. The van der Waals surface area contributed by atoms with Crippen LogP contribution in [0.3, 0.4) is 0 Å². The molecule has 2 rings (SSSR count). The van der Waals surface area contributed by atoms with E-state index in [0.717, 1.165) is 48.8 Å². The molecule has 190 valence electrons. The minimum atomic E-state index is -0.823. The SMILES string of the molecule is C=C1CN(CCOc2ccc(NC(C)(C)C(=O)OC)cc2CC)CCN1CC(=O)OC(C)(C)C. The Hall–Kier alpha value is -2.74. The Labute approximate surface area is 204 Å². The van der Waals surface area contributed by atoms with Gasteiger partial charge < -0.3 is 24.4 Å². The third-order valence-electron chi connectivity index (χ3n) is 5.54. The van der Waals surface area contributed by atoms with Crippen molar-refractivity contribution in [2.45, 2.75) is 59.1 Å². The molecule has 0 radical (unpaired) electrons. The molecule has 0 spiro atoms. The second-order valence-corrected chi connectivity index (χ2v) is 10.1. The van der Waals surface area contributed by atoms with Crippen molar-refractivity contribution >= 4 is 17.6 Å². The average Bonchev–Trinajstić information content (AvgIpc) is 2.74. The van der Waals surface area contributed by atoms with E-state index in [1.54, 1.807) is 13.8 Å². The van der Waals surface area contributed by atoms with Gasteiger partial charge in [-0.05, 0) is 64.8 Å². The molecule has 1 aromatic rings. The lowest BCUT2D eigenvalue weighted by Crippen LogP contribution is -2.47. The van der Waals surface area contributed by atoms with Gasteiger partial charge in [-0.25, -0.2) is 4.79 Å². The lowest BCUT2D eigenvalue weighted by Gasteiger charge is -2.37. The summed E-state index contributed by atoms with van der Waals surface area (Å²) in [4.78, 5) is 28.3. The molecule has 0 saturated carbocycles. The molecule has 0 aliphatic carbocycles. The third-order valence-corrected chi connectivity index (χ3v) is 5.54. The predicted molar refractivity (Wildman–Crippen MR) is 134 cm³/mol. The number of nitrogens with one attached hydrogen (secondary N) is 1. The fraction of sp³-hybridized carbons (Fsp3) is 0.615. The van der Waals surface area contributed by atoms with Crippen LogP contribution in [0.1, 0.15) is 47.1 Å². The molecule has 8 nitrogen and oxygen atoms in total. The molecular formula is C26H41N3O5. The Morgan fingerprint density at radius 1 is 1.15 bits per heavy atom. The van der Waals surface area contributed by atoms with E-state index in [-0.39, 0.29) is 18.5 Å². The average molecular weight is 476 g/mol. The van der Waals surface area contributed by atoms with Crippen LogP contribution in [0.25, 0.3) is 0 Å². The van der Waals surface area contributed by atoms with Gasteiger partial charge in [-0.3, -0.25) is 9.69 Å². The summed E-state index contributed by atoms with van der Waals surface area (Å²) in [5.41, 5.74) is 1.51. The van der Waals surface area contributed by atoms with Crippen molar-refractivity contribution in [3.8, 4) is 5.75 Å². The van der Waals surface area contributed by atoms with Crippen LogP contribution in [0.2, 0.25) is 0 Å². The van der Waals surface area contributed by atoms with Gasteiger partial charge in [0.15, 0.2) is 0 Å². The maximum Gasteiger partial charge on any atom is 0.330 e. The molecule has 34 heavy (non-hydrogen) atoms. The van der Waals surface area contributed by atoms with Gasteiger partial charge in [-0.2, -0.15) is 0 Å². The van der Waals surface area contributed by atoms with Crippen LogP contribution >= 0.6 is 0 Å². The fourth-order valence-corrected chi connectivity index (χ4v) is 3.79. The maximum absolute atomic E-state index is 12.1. The lowest BCUT2D eigenvalue weighted by molar-refractivity contribution is -0.156. The zero-order valence-electron chi connectivity index (χ0n) is 21.8. The van der Waals surface area contributed by atoms with E-state index >= 15 is 0 Å². The molecule has 1 heterocycles.